The number of halogens is 3. The summed E-state index contributed by atoms with van der Waals surface area (Å²) >= 11 is 19.5. The number of hydrogen-bond acceptors (Lipinski definition) is 3. The van der Waals surface area contributed by atoms with Gasteiger partial charge in [0, 0.05) is 23.0 Å². The molecule has 2 aromatic rings. The monoisotopic (exact) mass is 486 g/mol. The second-order valence-electron chi connectivity index (χ2n) is 6.83. The molecule has 162 valence electrons. The average molecular weight is 488 g/mol. The summed E-state index contributed by atoms with van der Waals surface area (Å²) in [7, 11) is 0. The number of nitrogens with zero attached hydrogens (tertiary/aromatic N) is 1. The van der Waals surface area contributed by atoms with Crippen LogP contribution in [-0.2, 0) is 16.1 Å². The quantitative estimate of drug-likeness (QED) is 0.327. The van der Waals surface area contributed by atoms with Crippen LogP contribution in [0.3, 0.4) is 0 Å². The number of hydrogen-bond donors (Lipinski definition) is 1. The van der Waals surface area contributed by atoms with Crippen molar-refractivity contribution >= 4 is 58.4 Å². The molecule has 0 aliphatic carbocycles. The van der Waals surface area contributed by atoms with E-state index in [-0.39, 0.29) is 24.1 Å². The standard InChI is InChI=1S/C22H25Cl3N2O2S/c1-3-4-11-26-22(29)15(2)27(13-16-5-10-19(24)20(25)12-16)21(28)14-30-18-8-6-17(23)7-9-18/h5-10,12,15H,3-4,11,13-14H2,1-2H3,(H,26,29)/t15-/m0/s1. The fourth-order valence-electron chi connectivity index (χ4n) is 2.71. The molecule has 0 saturated carbocycles. The Morgan fingerprint density at radius 1 is 1.07 bits per heavy atom. The predicted octanol–water partition coefficient (Wildman–Crippen LogP) is 6.07. The number of carbonyl (C=O) groups excluding carboxylic acids is 2. The molecule has 1 atom stereocenters. The Balaban J connectivity index is 2.13. The number of benzene rings is 2. The van der Waals surface area contributed by atoms with Gasteiger partial charge in [-0.05, 0) is 55.3 Å². The van der Waals surface area contributed by atoms with Crippen molar-refractivity contribution in [3.63, 3.8) is 0 Å². The summed E-state index contributed by atoms with van der Waals surface area (Å²) in [6, 6.07) is 11.9. The molecular formula is C22H25Cl3N2O2S. The van der Waals surface area contributed by atoms with Crippen LogP contribution < -0.4 is 5.32 Å². The highest BCUT2D eigenvalue weighted by atomic mass is 35.5. The van der Waals surface area contributed by atoms with Crippen LogP contribution in [0.2, 0.25) is 15.1 Å². The van der Waals surface area contributed by atoms with Crippen molar-refractivity contribution in [2.75, 3.05) is 12.3 Å². The maximum atomic E-state index is 13.1. The summed E-state index contributed by atoms with van der Waals surface area (Å²) in [4.78, 5) is 28.2. The van der Waals surface area contributed by atoms with Gasteiger partial charge < -0.3 is 10.2 Å². The third-order valence-corrected chi connectivity index (χ3v) is 6.50. The zero-order valence-corrected chi connectivity index (χ0v) is 20.0. The summed E-state index contributed by atoms with van der Waals surface area (Å²) in [6.07, 6.45) is 1.88. The normalized spacial score (nSPS) is 11.8. The third kappa shape index (κ3) is 7.69. The van der Waals surface area contributed by atoms with Gasteiger partial charge in [-0.2, -0.15) is 0 Å². The van der Waals surface area contributed by atoms with E-state index in [1.807, 2.05) is 18.2 Å². The SMILES string of the molecule is CCCCNC(=O)[C@H](C)N(Cc1ccc(Cl)c(Cl)c1)C(=O)CSc1ccc(Cl)cc1. The molecule has 0 aliphatic heterocycles. The second-order valence-corrected chi connectivity index (χ2v) is 9.13. The van der Waals surface area contributed by atoms with Crippen LogP contribution in [0.15, 0.2) is 47.4 Å². The molecule has 0 fully saturated rings. The van der Waals surface area contributed by atoms with Gasteiger partial charge in [0.05, 0.1) is 15.8 Å². The van der Waals surface area contributed by atoms with Crippen molar-refractivity contribution in [1.82, 2.24) is 10.2 Å². The van der Waals surface area contributed by atoms with Gasteiger partial charge in [0.15, 0.2) is 0 Å². The molecule has 0 radical (unpaired) electrons. The molecule has 0 unspecified atom stereocenters. The van der Waals surface area contributed by atoms with Crippen LogP contribution >= 0.6 is 46.6 Å². The van der Waals surface area contributed by atoms with E-state index in [1.54, 1.807) is 36.1 Å². The first-order valence-electron chi connectivity index (χ1n) is 9.71. The first kappa shape index (κ1) is 24.9. The van der Waals surface area contributed by atoms with E-state index in [9.17, 15) is 9.59 Å². The van der Waals surface area contributed by atoms with Crippen molar-refractivity contribution in [2.24, 2.45) is 0 Å². The summed E-state index contributed by atoms with van der Waals surface area (Å²) < 4.78 is 0. The molecule has 2 amide bonds. The number of carbonyl (C=O) groups is 2. The second kappa shape index (κ2) is 12.5. The van der Waals surface area contributed by atoms with Crippen LogP contribution in [0.25, 0.3) is 0 Å². The summed E-state index contributed by atoms with van der Waals surface area (Å²) in [5.41, 5.74) is 0.808. The largest absolute Gasteiger partial charge is 0.354 e. The molecule has 0 saturated heterocycles. The van der Waals surface area contributed by atoms with Gasteiger partial charge in [-0.25, -0.2) is 0 Å². The smallest absolute Gasteiger partial charge is 0.242 e. The Morgan fingerprint density at radius 2 is 1.77 bits per heavy atom. The minimum absolute atomic E-state index is 0.140. The van der Waals surface area contributed by atoms with Gasteiger partial charge in [0.1, 0.15) is 6.04 Å². The highest BCUT2D eigenvalue weighted by molar-refractivity contribution is 8.00. The molecule has 0 aromatic heterocycles. The average Bonchev–Trinajstić information content (AvgIpc) is 2.73. The van der Waals surface area contributed by atoms with Crippen LogP contribution in [0.1, 0.15) is 32.3 Å². The van der Waals surface area contributed by atoms with Crippen molar-refractivity contribution < 1.29 is 9.59 Å². The van der Waals surface area contributed by atoms with Gasteiger partial charge in [0.25, 0.3) is 0 Å². The van der Waals surface area contributed by atoms with Crippen LogP contribution in [0, 0.1) is 0 Å². The first-order valence-corrected chi connectivity index (χ1v) is 11.8. The molecule has 4 nitrogen and oxygen atoms in total. The molecular weight excluding hydrogens is 463 g/mol. The van der Waals surface area contributed by atoms with E-state index in [1.165, 1.54) is 11.8 Å². The van der Waals surface area contributed by atoms with Gasteiger partial charge in [-0.3, -0.25) is 9.59 Å². The number of nitrogens with one attached hydrogen (secondary N) is 1. The minimum atomic E-state index is -0.616. The molecule has 30 heavy (non-hydrogen) atoms. The molecule has 2 aromatic carbocycles. The lowest BCUT2D eigenvalue weighted by Gasteiger charge is -2.29. The van der Waals surface area contributed by atoms with E-state index >= 15 is 0 Å². The predicted molar refractivity (Wildman–Crippen MR) is 127 cm³/mol. The molecule has 2 rings (SSSR count). The number of rotatable bonds is 10. The fraction of sp³-hybridized carbons (Fsp3) is 0.364. The van der Waals surface area contributed by atoms with E-state index in [0.717, 1.165) is 23.3 Å². The van der Waals surface area contributed by atoms with E-state index in [2.05, 4.69) is 12.2 Å². The fourth-order valence-corrected chi connectivity index (χ4v) is 3.94. The Morgan fingerprint density at radius 3 is 2.40 bits per heavy atom. The van der Waals surface area contributed by atoms with Gasteiger partial charge >= 0.3 is 0 Å². The highest BCUT2D eigenvalue weighted by Crippen LogP contribution is 2.25. The van der Waals surface area contributed by atoms with Crippen LogP contribution in [0.5, 0.6) is 0 Å². The lowest BCUT2D eigenvalue weighted by atomic mass is 10.1. The Hall–Kier alpha value is -1.40. The maximum Gasteiger partial charge on any atom is 0.242 e. The molecule has 0 aliphatic rings. The lowest BCUT2D eigenvalue weighted by molar-refractivity contribution is -0.138. The van der Waals surface area contributed by atoms with Crippen molar-refractivity contribution in [3.05, 3.63) is 63.1 Å². The Bertz CT molecular complexity index is 862. The number of amides is 2. The van der Waals surface area contributed by atoms with Gasteiger partial charge in [-0.15, -0.1) is 11.8 Å². The highest BCUT2D eigenvalue weighted by Gasteiger charge is 2.26. The van der Waals surface area contributed by atoms with Gasteiger partial charge in [-0.1, -0.05) is 54.2 Å². The topological polar surface area (TPSA) is 49.4 Å². The van der Waals surface area contributed by atoms with Crippen LogP contribution in [-0.4, -0.2) is 35.1 Å². The van der Waals surface area contributed by atoms with E-state index in [4.69, 9.17) is 34.8 Å². The van der Waals surface area contributed by atoms with Gasteiger partial charge in [0.2, 0.25) is 11.8 Å². The summed E-state index contributed by atoms with van der Waals surface area (Å²) in [6.45, 7) is 4.65. The molecule has 0 heterocycles. The molecule has 0 bridgehead atoms. The Kier molecular flexibility index (Phi) is 10.3. The molecule has 1 N–H and O–H groups in total. The summed E-state index contributed by atoms with van der Waals surface area (Å²) in [5, 5.41) is 4.41. The van der Waals surface area contributed by atoms with Crippen molar-refractivity contribution in [2.45, 2.75) is 44.2 Å². The Labute approximate surface area is 197 Å². The van der Waals surface area contributed by atoms with Crippen LogP contribution in [0.4, 0.5) is 0 Å². The molecule has 8 heteroatoms. The third-order valence-electron chi connectivity index (χ3n) is 4.51. The van der Waals surface area contributed by atoms with E-state index in [0.29, 0.717) is 21.6 Å². The van der Waals surface area contributed by atoms with Crippen molar-refractivity contribution in [3.8, 4) is 0 Å². The molecule has 0 spiro atoms. The number of unbranched alkanes of at least 4 members (excludes halogenated alkanes) is 1. The van der Waals surface area contributed by atoms with Crippen molar-refractivity contribution in [1.29, 1.82) is 0 Å². The summed E-state index contributed by atoms with van der Waals surface area (Å²) in [5.74, 6) is -0.109. The lowest BCUT2D eigenvalue weighted by Crippen LogP contribution is -2.48. The zero-order chi connectivity index (χ0) is 22.1. The zero-order valence-electron chi connectivity index (χ0n) is 17.0. The number of thioether (sulfide) groups is 1. The maximum absolute atomic E-state index is 13.1. The van der Waals surface area contributed by atoms with E-state index < -0.39 is 6.04 Å². The minimum Gasteiger partial charge on any atom is -0.354 e. The first-order chi connectivity index (χ1) is 14.3.